The summed E-state index contributed by atoms with van der Waals surface area (Å²) < 4.78 is 2.10. The molecule has 1 aliphatic carbocycles. The highest BCUT2D eigenvalue weighted by atomic mass is 15.2. The summed E-state index contributed by atoms with van der Waals surface area (Å²) in [5.41, 5.74) is 4.99. The van der Waals surface area contributed by atoms with Crippen LogP contribution in [0.15, 0.2) is 59.9 Å². The third kappa shape index (κ3) is 4.03. The van der Waals surface area contributed by atoms with Gasteiger partial charge in [-0.05, 0) is 43.9 Å². The summed E-state index contributed by atoms with van der Waals surface area (Å²) in [5, 5.41) is 6.84. The number of rotatable bonds is 7. The van der Waals surface area contributed by atoms with Crippen molar-refractivity contribution in [1.29, 1.82) is 0 Å². The Kier molecular flexibility index (Phi) is 5.33. The molecule has 4 rings (SSSR count). The number of hydrogen-bond donors (Lipinski definition) is 2. The molecule has 1 aromatic carbocycles. The zero-order chi connectivity index (χ0) is 19.4. The molecule has 28 heavy (non-hydrogen) atoms. The Morgan fingerprint density at radius 1 is 1.14 bits per heavy atom. The van der Waals surface area contributed by atoms with Crippen molar-refractivity contribution in [3.05, 3.63) is 71.7 Å². The van der Waals surface area contributed by atoms with E-state index < -0.39 is 0 Å². The van der Waals surface area contributed by atoms with E-state index in [0.717, 1.165) is 43.4 Å². The van der Waals surface area contributed by atoms with E-state index in [0.29, 0.717) is 0 Å². The molecule has 0 radical (unpaired) electrons. The van der Waals surface area contributed by atoms with E-state index >= 15 is 0 Å². The Labute approximate surface area is 166 Å². The highest BCUT2D eigenvalue weighted by Gasteiger charge is 2.43. The van der Waals surface area contributed by atoms with Crippen LogP contribution in [0, 0.1) is 6.92 Å². The molecule has 0 unspecified atom stereocenters. The van der Waals surface area contributed by atoms with Gasteiger partial charge in [-0.1, -0.05) is 36.4 Å². The van der Waals surface area contributed by atoms with Crippen molar-refractivity contribution in [2.45, 2.75) is 38.5 Å². The van der Waals surface area contributed by atoms with E-state index in [9.17, 15) is 0 Å². The maximum absolute atomic E-state index is 4.88. The first kappa shape index (κ1) is 18.5. The first-order valence-electron chi connectivity index (χ1n) is 10.2. The highest BCUT2D eigenvalue weighted by molar-refractivity contribution is 5.79. The van der Waals surface area contributed by atoms with Gasteiger partial charge in [-0.25, -0.2) is 4.98 Å². The molecule has 0 atom stereocenters. The summed E-state index contributed by atoms with van der Waals surface area (Å²) >= 11 is 0. The van der Waals surface area contributed by atoms with Crippen molar-refractivity contribution >= 4 is 11.6 Å². The second kappa shape index (κ2) is 8.05. The van der Waals surface area contributed by atoms with Gasteiger partial charge in [-0.3, -0.25) is 4.99 Å². The van der Waals surface area contributed by atoms with E-state index in [4.69, 9.17) is 9.98 Å². The molecule has 3 aromatic rings. The Balaban J connectivity index is 1.37. The van der Waals surface area contributed by atoms with E-state index in [1.165, 1.54) is 24.0 Å². The summed E-state index contributed by atoms with van der Waals surface area (Å²) in [7, 11) is 0. The van der Waals surface area contributed by atoms with Gasteiger partial charge in [0, 0.05) is 37.3 Å². The highest BCUT2D eigenvalue weighted by Crippen LogP contribution is 2.48. The van der Waals surface area contributed by atoms with Gasteiger partial charge in [-0.2, -0.15) is 0 Å². The zero-order valence-electron chi connectivity index (χ0n) is 16.8. The molecule has 146 valence electrons. The van der Waals surface area contributed by atoms with Gasteiger partial charge in [0.1, 0.15) is 5.65 Å². The van der Waals surface area contributed by atoms with Crippen LogP contribution in [0.2, 0.25) is 0 Å². The van der Waals surface area contributed by atoms with Crippen LogP contribution in [-0.4, -0.2) is 35.0 Å². The van der Waals surface area contributed by atoms with Gasteiger partial charge in [0.05, 0.1) is 12.2 Å². The first-order chi connectivity index (χ1) is 13.7. The number of benzene rings is 1. The van der Waals surface area contributed by atoms with Gasteiger partial charge < -0.3 is 15.0 Å². The second-order valence-corrected chi connectivity index (χ2v) is 7.67. The number of imidazole rings is 1. The molecule has 5 heteroatoms. The summed E-state index contributed by atoms with van der Waals surface area (Å²) in [6, 6.07) is 14.9. The Hall–Kier alpha value is -2.82. The van der Waals surface area contributed by atoms with Crippen LogP contribution in [0.5, 0.6) is 0 Å². The fourth-order valence-corrected chi connectivity index (χ4v) is 3.69. The third-order valence-corrected chi connectivity index (χ3v) is 5.53. The Morgan fingerprint density at radius 3 is 2.68 bits per heavy atom. The molecule has 0 spiro atoms. The van der Waals surface area contributed by atoms with Crippen LogP contribution < -0.4 is 10.6 Å². The molecule has 1 fully saturated rings. The molecule has 0 bridgehead atoms. The SMILES string of the molecule is CCNC(=NCC1(c2ccccc2)CC1)NCCc1cn2cccc(C)c2n1. The normalized spacial score (nSPS) is 15.6. The quantitative estimate of drug-likeness (QED) is 0.491. The Bertz CT molecular complexity index is 954. The van der Waals surface area contributed by atoms with Crippen LogP contribution >= 0.6 is 0 Å². The van der Waals surface area contributed by atoms with Crippen LogP contribution in [0.3, 0.4) is 0 Å². The van der Waals surface area contributed by atoms with Gasteiger partial charge >= 0.3 is 0 Å². The monoisotopic (exact) mass is 375 g/mol. The van der Waals surface area contributed by atoms with Crippen molar-refractivity contribution < 1.29 is 0 Å². The van der Waals surface area contributed by atoms with Crippen molar-refractivity contribution in [2.24, 2.45) is 4.99 Å². The number of fused-ring (bicyclic) bond motifs is 1. The van der Waals surface area contributed by atoms with E-state index in [-0.39, 0.29) is 5.41 Å². The van der Waals surface area contributed by atoms with Crippen LogP contribution in [0.4, 0.5) is 0 Å². The number of hydrogen-bond acceptors (Lipinski definition) is 2. The maximum Gasteiger partial charge on any atom is 0.191 e. The number of aromatic nitrogens is 2. The minimum atomic E-state index is 0.239. The lowest BCUT2D eigenvalue weighted by molar-refractivity contribution is 0.691. The van der Waals surface area contributed by atoms with Gasteiger partial charge in [0.25, 0.3) is 0 Å². The van der Waals surface area contributed by atoms with Gasteiger partial charge in [-0.15, -0.1) is 0 Å². The fourth-order valence-electron chi connectivity index (χ4n) is 3.69. The number of nitrogens with one attached hydrogen (secondary N) is 2. The molecular formula is C23H29N5. The number of nitrogens with zero attached hydrogens (tertiary/aromatic N) is 3. The molecule has 2 aromatic heterocycles. The molecule has 0 aliphatic heterocycles. The van der Waals surface area contributed by atoms with Crippen molar-refractivity contribution in [3.63, 3.8) is 0 Å². The van der Waals surface area contributed by atoms with Crippen LogP contribution in [0.25, 0.3) is 5.65 Å². The molecule has 2 N–H and O–H groups in total. The lowest BCUT2D eigenvalue weighted by Crippen LogP contribution is -2.39. The molecule has 2 heterocycles. The molecule has 1 saturated carbocycles. The molecule has 0 amide bonds. The fraction of sp³-hybridized carbons (Fsp3) is 0.391. The lowest BCUT2D eigenvalue weighted by atomic mass is 9.96. The third-order valence-electron chi connectivity index (χ3n) is 5.53. The largest absolute Gasteiger partial charge is 0.357 e. The summed E-state index contributed by atoms with van der Waals surface area (Å²) in [6.45, 7) is 6.71. The second-order valence-electron chi connectivity index (χ2n) is 7.67. The van der Waals surface area contributed by atoms with Gasteiger partial charge in [0.2, 0.25) is 0 Å². The van der Waals surface area contributed by atoms with E-state index in [1.54, 1.807) is 0 Å². The summed E-state index contributed by atoms with van der Waals surface area (Å²) in [4.78, 5) is 9.63. The molecule has 5 nitrogen and oxygen atoms in total. The average molecular weight is 376 g/mol. The van der Waals surface area contributed by atoms with Crippen molar-refractivity contribution in [2.75, 3.05) is 19.6 Å². The minimum Gasteiger partial charge on any atom is -0.357 e. The maximum atomic E-state index is 4.88. The number of pyridine rings is 1. The standard InChI is InChI=1S/C23H29N5/c1-3-24-22(26-17-23(12-13-23)19-9-5-4-6-10-19)25-14-11-20-16-28-15-7-8-18(2)21(28)27-20/h4-10,15-16H,3,11-14,17H2,1-2H3,(H2,24,25,26). The molecular weight excluding hydrogens is 346 g/mol. The summed E-state index contributed by atoms with van der Waals surface area (Å²) in [6.07, 6.45) is 7.48. The van der Waals surface area contributed by atoms with Crippen molar-refractivity contribution in [1.82, 2.24) is 20.0 Å². The smallest absolute Gasteiger partial charge is 0.191 e. The van der Waals surface area contributed by atoms with E-state index in [1.807, 2.05) is 0 Å². The molecule has 0 saturated heterocycles. The topological polar surface area (TPSA) is 53.7 Å². The number of aliphatic imine (C=N–C) groups is 1. The first-order valence-corrected chi connectivity index (χ1v) is 10.2. The predicted molar refractivity (Wildman–Crippen MR) is 115 cm³/mol. The average Bonchev–Trinajstić information content (AvgIpc) is 3.39. The summed E-state index contributed by atoms with van der Waals surface area (Å²) in [5.74, 6) is 0.893. The van der Waals surface area contributed by atoms with Crippen molar-refractivity contribution in [3.8, 4) is 0 Å². The Morgan fingerprint density at radius 2 is 1.96 bits per heavy atom. The lowest BCUT2D eigenvalue weighted by Gasteiger charge is -2.15. The van der Waals surface area contributed by atoms with Crippen LogP contribution in [0.1, 0.15) is 36.6 Å². The number of guanidine groups is 1. The van der Waals surface area contributed by atoms with Crippen LogP contribution in [-0.2, 0) is 11.8 Å². The zero-order valence-corrected chi connectivity index (χ0v) is 16.8. The minimum absolute atomic E-state index is 0.239. The van der Waals surface area contributed by atoms with E-state index in [2.05, 4.69) is 83.7 Å². The number of aryl methyl sites for hydroxylation is 1. The molecule has 1 aliphatic rings. The van der Waals surface area contributed by atoms with Gasteiger partial charge in [0.15, 0.2) is 5.96 Å². The predicted octanol–water partition coefficient (Wildman–Crippen LogP) is 3.47.